The van der Waals surface area contributed by atoms with E-state index in [1.165, 1.54) is 0 Å². The second-order valence-electron chi connectivity index (χ2n) is 10.3. The Hall–Kier alpha value is -3.52. The predicted molar refractivity (Wildman–Crippen MR) is 175 cm³/mol. The number of hydrogen-bond donors (Lipinski definition) is 0. The number of aromatic nitrogens is 2. The van der Waals surface area contributed by atoms with Crippen LogP contribution in [0.25, 0.3) is 17.2 Å². The smallest absolute Gasteiger partial charge is 0.160 e. The van der Waals surface area contributed by atoms with Gasteiger partial charge in [-0.1, -0.05) is 62.2 Å². The lowest BCUT2D eigenvalue weighted by Gasteiger charge is -2.09. The van der Waals surface area contributed by atoms with Gasteiger partial charge in [0.05, 0.1) is 35.2 Å². The lowest BCUT2D eigenvalue weighted by molar-refractivity contribution is -0.113. The number of carbonyl (C=O) groups excluding carboxylic acids is 1. The Morgan fingerprint density at radius 2 is 1.72 bits per heavy atom. The number of aryl methyl sites for hydroxylation is 1. The van der Waals surface area contributed by atoms with Crippen LogP contribution >= 0.6 is 11.6 Å². The minimum absolute atomic E-state index is 0.0426. The van der Waals surface area contributed by atoms with E-state index < -0.39 is 10.8 Å². The molecule has 1 aromatic heterocycles. The molecule has 0 amide bonds. The molecule has 4 aromatic rings. The zero-order valence-electron chi connectivity index (χ0n) is 24.8. The highest BCUT2D eigenvalue weighted by atomic mass is 35.5. The van der Waals surface area contributed by atoms with Crippen LogP contribution in [0.1, 0.15) is 49.9 Å². The maximum Gasteiger partial charge on any atom is 0.160 e. The van der Waals surface area contributed by atoms with Crippen molar-refractivity contribution in [1.82, 2.24) is 9.55 Å². The van der Waals surface area contributed by atoms with Crippen molar-refractivity contribution >= 4 is 34.3 Å². The minimum Gasteiger partial charge on any atom is -0.491 e. The molecule has 4 rings (SSSR count). The highest BCUT2D eigenvalue weighted by Crippen LogP contribution is 2.28. The van der Waals surface area contributed by atoms with Gasteiger partial charge in [-0.3, -0.25) is 9.00 Å². The Morgan fingerprint density at radius 1 is 0.953 bits per heavy atom. The number of nitrogens with zero attached hydrogens (tertiary/aromatic N) is 2. The maximum atomic E-state index is 12.9. The number of halogens is 1. The third-order valence-corrected chi connectivity index (χ3v) is 8.58. The first-order valence-corrected chi connectivity index (χ1v) is 16.4. The molecule has 1 unspecified atom stereocenters. The van der Waals surface area contributed by atoms with E-state index in [2.05, 4.69) is 18.8 Å². The van der Waals surface area contributed by atoms with Crippen molar-refractivity contribution in [1.29, 1.82) is 0 Å². The van der Waals surface area contributed by atoms with E-state index in [9.17, 15) is 9.00 Å². The lowest BCUT2D eigenvalue weighted by Crippen LogP contribution is -2.07. The summed E-state index contributed by atoms with van der Waals surface area (Å²) in [6.07, 6.45) is 10.3. The van der Waals surface area contributed by atoms with Crippen molar-refractivity contribution < 1.29 is 18.5 Å². The third kappa shape index (κ3) is 10.0. The van der Waals surface area contributed by atoms with Crippen LogP contribution in [0.5, 0.6) is 5.75 Å². The zero-order chi connectivity index (χ0) is 30.4. The van der Waals surface area contributed by atoms with Gasteiger partial charge in [-0.05, 0) is 83.6 Å². The number of hydrogen-bond acceptors (Lipinski definition) is 5. The van der Waals surface area contributed by atoms with Crippen molar-refractivity contribution in [3.8, 4) is 16.9 Å². The average Bonchev–Trinajstić information content (AvgIpc) is 3.45. The number of benzene rings is 3. The SMILES string of the molecule is CCCCOCCOc1ccc(-c2ccc(Cl)c(/C=C/C(=O)Cc3ccc(S(=O)Cc4cncn4CCC)cc3)c2)cc1. The molecule has 0 aliphatic carbocycles. The molecule has 6 nitrogen and oxygen atoms in total. The Morgan fingerprint density at radius 3 is 2.47 bits per heavy atom. The average molecular weight is 619 g/mol. The molecule has 0 aliphatic heterocycles. The highest BCUT2D eigenvalue weighted by Gasteiger charge is 2.10. The molecule has 0 bridgehead atoms. The van der Waals surface area contributed by atoms with Crippen LogP contribution in [0, 0.1) is 0 Å². The molecule has 0 saturated carbocycles. The van der Waals surface area contributed by atoms with E-state index in [1.54, 1.807) is 24.7 Å². The zero-order valence-corrected chi connectivity index (χ0v) is 26.4. The van der Waals surface area contributed by atoms with Crippen molar-refractivity contribution in [3.05, 3.63) is 107 Å². The standard InChI is InChI=1S/C35H39ClN2O4S/c1-3-5-19-41-20-21-42-33-13-9-28(10-14-33)29-11-17-35(36)30(23-29)8-12-32(39)22-27-6-15-34(16-7-27)43(40)25-31-24-37-26-38(31)18-4-2/h6-17,23-24,26H,3-5,18-22,25H2,1-2H3/b12-8+. The Kier molecular flexibility index (Phi) is 12.8. The second-order valence-corrected chi connectivity index (χ2v) is 12.1. The van der Waals surface area contributed by atoms with Crippen LogP contribution in [0.3, 0.4) is 0 Å². The van der Waals surface area contributed by atoms with Gasteiger partial charge in [-0.15, -0.1) is 0 Å². The summed E-state index contributed by atoms with van der Waals surface area (Å²) in [6.45, 7) is 6.96. The third-order valence-electron chi connectivity index (χ3n) is 6.88. The fraction of sp³-hybridized carbons (Fsp3) is 0.314. The van der Waals surface area contributed by atoms with Crippen LogP contribution in [0.2, 0.25) is 5.02 Å². The molecule has 0 fully saturated rings. The summed E-state index contributed by atoms with van der Waals surface area (Å²) >= 11 is 6.45. The van der Waals surface area contributed by atoms with Gasteiger partial charge in [0, 0.05) is 35.7 Å². The van der Waals surface area contributed by atoms with Crippen molar-refractivity contribution in [2.24, 2.45) is 0 Å². The first kappa shape index (κ1) is 32.4. The summed E-state index contributed by atoms with van der Waals surface area (Å²) in [5.74, 6) is 1.16. The quantitative estimate of drug-likeness (QED) is 0.0887. The Bertz CT molecular complexity index is 1510. The summed E-state index contributed by atoms with van der Waals surface area (Å²) in [7, 11) is -1.19. The molecule has 0 aliphatic rings. The molecule has 0 radical (unpaired) electrons. The molecule has 43 heavy (non-hydrogen) atoms. The molecular formula is C35H39ClN2O4S. The van der Waals surface area contributed by atoms with Gasteiger partial charge >= 0.3 is 0 Å². The van der Waals surface area contributed by atoms with Gasteiger partial charge < -0.3 is 14.0 Å². The molecule has 3 aromatic carbocycles. The van der Waals surface area contributed by atoms with E-state index in [4.69, 9.17) is 21.1 Å². The molecule has 8 heteroatoms. The van der Waals surface area contributed by atoms with Crippen LogP contribution in [0.15, 0.2) is 90.2 Å². The number of ketones is 1. The van der Waals surface area contributed by atoms with E-state index in [-0.39, 0.29) is 12.2 Å². The number of imidazole rings is 1. The summed E-state index contributed by atoms with van der Waals surface area (Å²) in [6, 6.07) is 21.1. The summed E-state index contributed by atoms with van der Waals surface area (Å²) < 4.78 is 26.2. The molecule has 0 saturated heterocycles. The largest absolute Gasteiger partial charge is 0.491 e. The van der Waals surface area contributed by atoms with Gasteiger partial charge in [0.15, 0.2) is 5.78 Å². The van der Waals surface area contributed by atoms with Gasteiger partial charge in [0.2, 0.25) is 0 Å². The monoisotopic (exact) mass is 618 g/mol. The minimum atomic E-state index is -1.19. The fourth-order valence-electron chi connectivity index (χ4n) is 4.49. The van der Waals surface area contributed by atoms with E-state index in [1.807, 2.05) is 71.3 Å². The number of unbranched alkanes of at least 4 members (excludes halogenated alkanes) is 1. The van der Waals surface area contributed by atoms with Gasteiger partial charge in [0.25, 0.3) is 0 Å². The number of rotatable bonds is 17. The Balaban J connectivity index is 1.31. The molecule has 1 heterocycles. The molecular weight excluding hydrogens is 580 g/mol. The van der Waals surface area contributed by atoms with Gasteiger partial charge in [-0.25, -0.2) is 4.98 Å². The molecule has 1 atom stereocenters. The van der Waals surface area contributed by atoms with Crippen LogP contribution < -0.4 is 4.74 Å². The molecule has 226 valence electrons. The van der Waals surface area contributed by atoms with Gasteiger partial charge in [0.1, 0.15) is 12.4 Å². The summed E-state index contributed by atoms with van der Waals surface area (Å²) in [4.78, 5) is 17.7. The highest BCUT2D eigenvalue weighted by molar-refractivity contribution is 7.84. The first-order chi connectivity index (χ1) is 21.0. The molecule has 0 spiro atoms. The van der Waals surface area contributed by atoms with Crippen LogP contribution in [0.4, 0.5) is 0 Å². The molecule has 0 N–H and O–H groups in total. The van der Waals surface area contributed by atoms with Crippen LogP contribution in [-0.2, 0) is 39.0 Å². The van der Waals surface area contributed by atoms with Crippen molar-refractivity contribution in [2.45, 2.75) is 56.7 Å². The van der Waals surface area contributed by atoms with Crippen molar-refractivity contribution in [3.63, 3.8) is 0 Å². The lowest BCUT2D eigenvalue weighted by atomic mass is 10.0. The predicted octanol–water partition coefficient (Wildman–Crippen LogP) is 7.94. The van der Waals surface area contributed by atoms with E-state index in [0.29, 0.717) is 24.0 Å². The number of ether oxygens (including phenoxy) is 2. The van der Waals surface area contributed by atoms with Gasteiger partial charge in [-0.2, -0.15) is 0 Å². The second kappa shape index (κ2) is 16.9. The summed E-state index contributed by atoms with van der Waals surface area (Å²) in [5.41, 5.74) is 4.60. The topological polar surface area (TPSA) is 70.4 Å². The summed E-state index contributed by atoms with van der Waals surface area (Å²) in [5, 5.41) is 0.572. The Labute approximate surface area is 262 Å². The number of carbonyl (C=O) groups is 1. The van der Waals surface area contributed by atoms with Crippen molar-refractivity contribution in [2.75, 3.05) is 19.8 Å². The normalized spacial score (nSPS) is 12.1. The van der Waals surface area contributed by atoms with E-state index >= 15 is 0 Å². The fourth-order valence-corrected chi connectivity index (χ4v) is 5.79. The number of allylic oxidation sites excluding steroid dienone is 1. The first-order valence-electron chi connectivity index (χ1n) is 14.7. The maximum absolute atomic E-state index is 12.9. The van der Waals surface area contributed by atoms with Crippen LogP contribution in [-0.4, -0.2) is 39.4 Å². The van der Waals surface area contributed by atoms with E-state index in [0.717, 1.165) is 71.0 Å².